The van der Waals surface area contributed by atoms with Crippen molar-refractivity contribution in [3.05, 3.63) is 52.5 Å². The number of halogens is 3. The molecule has 0 aliphatic carbocycles. The van der Waals surface area contributed by atoms with Gasteiger partial charge in [0.2, 0.25) is 0 Å². The number of nitrogens with zero attached hydrogens (tertiary/aromatic N) is 6. The lowest BCUT2D eigenvalue weighted by Crippen LogP contribution is -2.31. The number of carbonyl (C=O) groups is 1. The fraction of sp³-hybridized carbons (Fsp3) is 0.476. The van der Waals surface area contributed by atoms with Gasteiger partial charge in [-0.2, -0.15) is 18.3 Å². The Morgan fingerprint density at radius 2 is 1.94 bits per heavy atom. The van der Waals surface area contributed by atoms with Crippen LogP contribution in [0.3, 0.4) is 0 Å². The largest absolute Gasteiger partial charge is 0.433 e. The molecule has 0 aromatic carbocycles. The van der Waals surface area contributed by atoms with E-state index in [1.807, 2.05) is 0 Å². The van der Waals surface area contributed by atoms with Gasteiger partial charge < -0.3 is 4.90 Å². The normalized spacial score (nSPS) is 17.2. The summed E-state index contributed by atoms with van der Waals surface area (Å²) in [5.41, 5.74) is 0.959. The predicted molar refractivity (Wildman–Crippen MR) is 107 cm³/mol. The zero-order chi connectivity index (χ0) is 22.5. The van der Waals surface area contributed by atoms with E-state index in [0.717, 1.165) is 17.0 Å². The molecule has 1 saturated heterocycles. The third-order valence-electron chi connectivity index (χ3n) is 5.53. The van der Waals surface area contributed by atoms with Crippen LogP contribution in [-0.4, -0.2) is 41.9 Å². The van der Waals surface area contributed by atoms with Crippen molar-refractivity contribution in [1.82, 2.24) is 29.5 Å². The molecule has 4 heterocycles. The molecular weight excluding hydrogens is 409 g/mol. The Bertz CT molecular complexity index is 1150. The van der Waals surface area contributed by atoms with Crippen LogP contribution in [-0.2, 0) is 6.18 Å². The highest BCUT2D eigenvalue weighted by molar-refractivity contribution is 5.95. The van der Waals surface area contributed by atoms with Gasteiger partial charge in [0.05, 0.1) is 23.0 Å². The van der Waals surface area contributed by atoms with Gasteiger partial charge in [-0.3, -0.25) is 4.79 Å². The van der Waals surface area contributed by atoms with Crippen LogP contribution in [0.25, 0.3) is 5.65 Å². The van der Waals surface area contributed by atoms with Crippen molar-refractivity contribution < 1.29 is 18.0 Å². The Morgan fingerprint density at radius 3 is 2.58 bits per heavy atom. The van der Waals surface area contributed by atoms with Gasteiger partial charge in [0.25, 0.3) is 5.91 Å². The first-order chi connectivity index (χ1) is 14.6. The molecule has 4 rings (SSSR count). The molecule has 3 aromatic heterocycles. The molecule has 0 unspecified atom stereocenters. The molecule has 0 saturated carbocycles. The maximum Gasteiger partial charge on any atom is 0.433 e. The highest BCUT2D eigenvalue weighted by Crippen LogP contribution is 2.35. The Hall–Kier alpha value is -3.04. The van der Waals surface area contributed by atoms with E-state index in [4.69, 9.17) is 0 Å². The average Bonchev–Trinajstić information content (AvgIpc) is 3.32. The lowest BCUT2D eigenvalue weighted by atomic mass is 10.1. The van der Waals surface area contributed by atoms with E-state index >= 15 is 0 Å². The maximum atomic E-state index is 13.7. The summed E-state index contributed by atoms with van der Waals surface area (Å²) in [7, 11) is 0. The summed E-state index contributed by atoms with van der Waals surface area (Å²) in [5.74, 6) is 0.154. The number of rotatable bonds is 3. The number of likely N-dealkylation sites (tertiary alicyclic amines) is 1. The average molecular weight is 432 g/mol. The van der Waals surface area contributed by atoms with Gasteiger partial charge in [0.1, 0.15) is 11.5 Å². The summed E-state index contributed by atoms with van der Waals surface area (Å²) in [6.45, 7) is 7.55. The van der Waals surface area contributed by atoms with Crippen molar-refractivity contribution in [1.29, 1.82) is 0 Å². The molecule has 31 heavy (non-hydrogen) atoms. The summed E-state index contributed by atoms with van der Waals surface area (Å²) >= 11 is 0. The zero-order valence-corrected chi connectivity index (χ0v) is 17.7. The van der Waals surface area contributed by atoms with Crippen LogP contribution < -0.4 is 0 Å². The fourth-order valence-corrected chi connectivity index (χ4v) is 3.94. The van der Waals surface area contributed by atoms with Crippen molar-refractivity contribution in [3.63, 3.8) is 0 Å². The first-order valence-corrected chi connectivity index (χ1v) is 10.1. The van der Waals surface area contributed by atoms with Crippen molar-refractivity contribution in [2.45, 2.75) is 58.7 Å². The van der Waals surface area contributed by atoms with Crippen LogP contribution >= 0.6 is 0 Å². The van der Waals surface area contributed by atoms with Crippen molar-refractivity contribution in [3.8, 4) is 0 Å². The molecule has 1 fully saturated rings. The van der Waals surface area contributed by atoms with Crippen LogP contribution in [0.2, 0.25) is 0 Å². The quantitative estimate of drug-likeness (QED) is 0.618. The Morgan fingerprint density at radius 1 is 1.19 bits per heavy atom. The maximum absolute atomic E-state index is 13.7. The third kappa shape index (κ3) is 3.86. The Balaban J connectivity index is 1.76. The van der Waals surface area contributed by atoms with Gasteiger partial charge in [-0.1, -0.05) is 13.8 Å². The fourth-order valence-electron chi connectivity index (χ4n) is 3.94. The van der Waals surface area contributed by atoms with Gasteiger partial charge in [0.15, 0.2) is 5.65 Å². The summed E-state index contributed by atoms with van der Waals surface area (Å²) < 4.78 is 41.9. The molecule has 1 aliphatic rings. The van der Waals surface area contributed by atoms with Crippen molar-refractivity contribution in [2.75, 3.05) is 6.54 Å². The third-order valence-corrected chi connectivity index (χ3v) is 5.53. The van der Waals surface area contributed by atoms with Crippen LogP contribution in [0, 0.1) is 13.8 Å². The minimum Gasteiger partial charge on any atom is -0.330 e. The van der Waals surface area contributed by atoms with E-state index in [1.165, 1.54) is 6.20 Å². The summed E-state index contributed by atoms with van der Waals surface area (Å²) in [6.07, 6.45) is -1.74. The number of amides is 1. The molecular formula is C21H23F3N6O. The Labute approximate surface area is 177 Å². The molecule has 7 nitrogen and oxygen atoms in total. The van der Waals surface area contributed by atoms with Crippen LogP contribution in [0.1, 0.15) is 77.6 Å². The van der Waals surface area contributed by atoms with E-state index < -0.39 is 17.9 Å². The second-order valence-electron chi connectivity index (χ2n) is 8.13. The second-order valence-corrected chi connectivity index (χ2v) is 8.13. The van der Waals surface area contributed by atoms with E-state index in [1.54, 1.807) is 38.7 Å². The number of alkyl halides is 3. The van der Waals surface area contributed by atoms with Gasteiger partial charge >= 0.3 is 6.18 Å². The molecule has 1 atom stereocenters. The minimum atomic E-state index is -4.57. The molecule has 164 valence electrons. The number of aromatic nitrogens is 5. The Kier molecular flexibility index (Phi) is 5.18. The number of hydrogen-bond acceptors (Lipinski definition) is 5. The van der Waals surface area contributed by atoms with E-state index in [0.29, 0.717) is 41.4 Å². The number of fused-ring (bicyclic) bond motifs is 1. The highest BCUT2D eigenvalue weighted by atomic mass is 19.4. The minimum absolute atomic E-state index is 0.127. The van der Waals surface area contributed by atoms with E-state index in [2.05, 4.69) is 20.1 Å². The first-order valence-electron chi connectivity index (χ1n) is 10.1. The predicted octanol–water partition coefficient (Wildman–Crippen LogP) is 4.26. The van der Waals surface area contributed by atoms with Gasteiger partial charge in [-0.15, -0.1) is 0 Å². The van der Waals surface area contributed by atoms with Gasteiger partial charge in [-0.05, 0) is 38.7 Å². The summed E-state index contributed by atoms with van der Waals surface area (Å²) in [6, 6.07) is 2.16. The number of carbonyl (C=O) groups excluding carboxylic acids is 1. The standard InChI is InChI=1S/C21H23F3N6O/c1-11(2)15-8-18(21(22,23)24)30-19(27-15)9-16(28-30)17-6-5-7-29(17)20(31)14-10-25-13(4)26-12(14)3/h8-11,17H,5-7H2,1-4H3/t17-/m1/s1. The molecule has 0 N–H and O–H groups in total. The molecule has 0 radical (unpaired) electrons. The zero-order valence-electron chi connectivity index (χ0n) is 17.7. The number of hydrogen-bond donors (Lipinski definition) is 0. The number of aryl methyl sites for hydroxylation is 2. The van der Waals surface area contributed by atoms with E-state index in [9.17, 15) is 18.0 Å². The van der Waals surface area contributed by atoms with Crippen LogP contribution in [0.15, 0.2) is 18.3 Å². The van der Waals surface area contributed by atoms with Crippen LogP contribution in [0.5, 0.6) is 0 Å². The SMILES string of the molecule is Cc1ncc(C(=O)N2CCC[C@@H]2c2cc3nc(C(C)C)cc(C(F)(F)F)n3n2)c(C)n1. The molecule has 0 bridgehead atoms. The monoisotopic (exact) mass is 432 g/mol. The molecule has 1 aliphatic heterocycles. The first kappa shape index (κ1) is 21.2. The topological polar surface area (TPSA) is 76.3 Å². The van der Waals surface area contributed by atoms with Crippen molar-refractivity contribution >= 4 is 11.6 Å². The van der Waals surface area contributed by atoms with Crippen LogP contribution in [0.4, 0.5) is 13.2 Å². The summed E-state index contributed by atoms with van der Waals surface area (Å²) in [5, 5.41) is 4.23. The molecule has 0 spiro atoms. The molecule has 10 heteroatoms. The molecule has 1 amide bonds. The van der Waals surface area contributed by atoms with Gasteiger partial charge in [-0.25, -0.2) is 19.5 Å². The van der Waals surface area contributed by atoms with Crippen molar-refractivity contribution in [2.24, 2.45) is 0 Å². The highest BCUT2D eigenvalue weighted by Gasteiger charge is 2.37. The van der Waals surface area contributed by atoms with Gasteiger partial charge in [0, 0.05) is 24.5 Å². The summed E-state index contributed by atoms with van der Waals surface area (Å²) in [4.78, 5) is 27.5. The van der Waals surface area contributed by atoms with E-state index in [-0.39, 0.29) is 17.5 Å². The smallest absolute Gasteiger partial charge is 0.330 e. The second kappa shape index (κ2) is 7.58. The molecule has 3 aromatic rings. The lowest BCUT2D eigenvalue weighted by molar-refractivity contribution is -0.142. The lowest BCUT2D eigenvalue weighted by Gasteiger charge is -2.23.